The summed E-state index contributed by atoms with van der Waals surface area (Å²) in [6, 6.07) is 16.4. The molecule has 0 fully saturated rings. The molecule has 3 aromatic rings. The maximum absolute atomic E-state index is 4.63. The fourth-order valence-corrected chi connectivity index (χ4v) is 2.94. The third kappa shape index (κ3) is 3.35. The normalized spacial score (nSPS) is 12.2. The van der Waals surface area contributed by atoms with Crippen LogP contribution in [0.25, 0.3) is 46.4 Å². The Morgan fingerprint density at radius 2 is 0.760 bits per heavy atom. The van der Waals surface area contributed by atoms with Gasteiger partial charge in [0, 0.05) is 49.7 Å². The first kappa shape index (κ1) is 16.0. The van der Waals surface area contributed by atoms with Gasteiger partial charge >= 0.3 is 0 Å². The van der Waals surface area contributed by atoms with Gasteiger partial charge in [0.05, 0.1) is 22.8 Å². The van der Waals surface area contributed by atoms with Gasteiger partial charge in [-0.25, -0.2) is 9.97 Å². The molecule has 3 aromatic heterocycles. The molecule has 0 saturated carbocycles. The summed E-state index contributed by atoms with van der Waals surface area (Å²) in [6.45, 7) is 0. The Morgan fingerprint density at radius 1 is 0.480 bits per heavy atom. The number of nitrogens with zero attached hydrogens (tertiary/aromatic N) is 2. The Balaban J connectivity index is 0.00000157. The second-order valence-electron chi connectivity index (χ2n) is 5.91. The number of aromatic nitrogens is 4. The average molecular weight is 511 g/mol. The van der Waals surface area contributed by atoms with Crippen molar-refractivity contribution in [1.29, 1.82) is 0 Å². The zero-order valence-electron chi connectivity index (χ0n) is 13.5. The molecule has 0 aliphatic carbocycles. The molecule has 5 heteroatoms. The third-order valence-electron chi connectivity index (χ3n) is 4.04. The topological polar surface area (TPSA) is 57.4 Å². The molecular formula is C20H14HgN4. The zero-order valence-corrected chi connectivity index (χ0v) is 19.0. The second-order valence-corrected chi connectivity index (χ2v) is 5.91. The molecular weight excluding hydrogens is 497 g/mol. The Bertz CT molecular complexity index is 990. The molecule has 0 spiro atoms. The van der Waals surface area contributed by atoms with Crippen molar-refractivity contribution in [1.82, 2.24) is 19.9 Å². The minimum atomic E-state index is 0. The van der Waals surface area contributed by atoms with Crippen LogP contribution in [0.1, 0.15) is 22.8 Å². The van der Waals surface area contributed by atoms with Gasteiger partial charge in [0.15, 0.2) is 0 Å². The van der Waals surface area contributed by atoms with Crippen LogP contribution in [-0.2, 0) is 27.7 Å². The molecule has 8 bridgehead atoms. The van der Waals surface area contributed by atoms with E-state index in [-0.39, 0.29) is 27.7 Å². The van der Waals surface area contributed by atoms with Crippen molar-refractivity contribution in [3.8, 4) is 0 Å². The molecule has 4 nitrogen and oxygen atoms in total. The molecule has 2 aliphatic heterocycles. The standard InChI is InChI=1S/C20H14N4.Hg/c1-2-14-10-16-5-6-18(23-16)12-20-8-7-19(24-20)11-17-4-3-15(22-17)9-13(1)21-14;/h1-12,21,24H;. The first-order chi connectivity index (χ1) is 11.8. The van der Waals surface area contributed by atoms with Gasteiger partial charge in [0.2, 0.25) is 0 Å². The summed E-state index contributed by atoms with van der Waals surface area (Å²) in [6.07, 6.45) is 8.09. The molecule has 0 saturated heterocycles. The van der Waals surface area contributed by atoms with Crippen molar-refractivity contribution >= 4 is 46.4 Å². The number of H-pyrrole nitrogens is 2. The fraction of sp³-hybridized carbons (Fsp3) is 0. The maximum atomic E-state index is 4.63. The summed E-state index contributed by atoms with van der Waals surface area (Å²) >= 11 is 0. The van der Waals surface area contributed by atoms with Crippen LogP contribution in [0.3, 0.4) is 0 Å². The van der Waals surface area contributed by atoms with Crippen molar-refractivity contribution in [3.63, 3.8) is 0 Å². The van der Waals surface area contributed by atoms with E-state index in [9.17, 15) is 0 Å². The van der Waals surface area contributed by atoms with E-state index >= 15 is 0 Å². The Labute approximate surface area is 164 Å². The number of rotatable bonds is 0. The molecule has 2 N–H and O–H groups in total. The largest absolute Gasteiger partial charge is 0.355 e. The minimum Gasteiger partial charge on any atom is -0.355 e. The van der Waals surface area contributed by atoms with E-state index in [1.54, 1.807) is 0 Å². The second kappa shape index (κ2) is 6.45. The summed E-state index contributed by atoms with van der Waals surface area (Å²) in [5.74, 6) is 0. The Hall–Kier alpha value is -2.46. The maximum Gasteiger partial charge on any atom is 0.0658 e. The SMILES string of the molecule is C1=Cc2cc3ccc(cc4nc(cc5ccc(cc1n2)[nH]5)C=C4)[nH]3.[Hg]. The van der Waals surface area contributed by atoms with Crippen LogP contribution in [0, 0.1) is 0 Å². The minimum absolute atomic E-state index is 0. The van der Waals surface area contributed by atoms with Crippen molar-refractivity contribution in [2.45, 2.75) is 0 Å². The molecule has 5 heterocycles. The quantitative estimate of drug-likeness (QED) is 0.298. The van der Waals surface area contributed by atoms with E-state index in [1.165, 1.54) is 0 Å². The van der Waals surface area contributed by atoms with Gasteiger partial charge < -0.3 is 9.97 Å². The number of nitrogens with one attached hydrogen (secondary N) is 2. The molecule has 0 atom stereocenters. The van der Waals surface area contributed by atoms with Crippen LogP contribution >= 0.6 is 0 Å². The van der Waals surface area contributed by atoms with Gasteiger partial charge in [0.25, 0.3) is 0 Å². The van der Waals surface area contributed by atoms with Gasteiger partial charge in [-0.2, -0.15) is 0 Å². The number of fused-ring (bicyclic) bond motifs is 8. The van der Waals surface area contributed by atoms with Gasteiger partial charge in [-0.05, 0) is 72.8 Å². The molecule has 5 rings (SSSR count). The Kier molecular flexibility index (Phi) is 4.13. The average Bonchev–Trinajstić information content (AvgIpc) is 3.32. The molecule has 116 valence electrons. The van der Waals surface area contributed by atoms with Crippen molar-refractivity contribution in [2.24, 2.45) is 0 Å². The fourth-order valence-electron chi connectivity index (χ4n) is 2.94. The number of aromatic amines is 2. The molecule has 25 heavy (non-hydrogen) atoms. The van der Waals surface area contributed by atoms with Crippen molar-refractivity contribution < 1.29 is 27.7 Å². The summed E-state index contributed by atoms with van der Waals surface area (Å²) in [7, 11) is 0. The summed E-state index contributed by atoms with van der Waals surface area (Å²) < 4.78 is 0. The van der Waals surface area contributed by atoms with Gasteiger partial charge in [-0.3, -0.25) is 0 Å². The third-order valence-corrected chi connectivity index (χ3v) is 4.04. The summed E-state index contributed by atoms with van der Waals surface area (Å²) in [5.41, 5.74) is 7.86. The van der Waals surface area contributed by atoms with Gasteiger partial charge in [-0.1, -0.05) is 0 Å². The van der Waals surface area contributed by atoms with E-state index < -0.39 is 0 Å². The van der Waals surface area contributed by atoms with Crippen LogP contribution in [0.15, 0.2) is 48.5 Å². The molecule has 0 aromatic carbocycles. The van der Waals surface area contributed by atoms with Crippen molar-refractivity contribution in [2.75, 3.05) is 0 Å². The van der Waals surface area contributed by atoms with E-state index in [2.05, 4.69) is 44.2 Å². The number of hydrogen-bond acceptors (Lipinski definition) is 2. The first-order valence-electron chi connectivity index (χ1n) is 7.85. The number of hydrogen-bond donors (Lipinski definition) is 2. The van der Waals surface area contributed by atoms with Gasteiger partial charge in [-0.15, -0.1) is 0 Å². The van der Waals surface area contributed by atoms with E-state index in [1.807, 2.05) is 48.6 Å². The summed E-state index contributed by atoms with van der Waals surface area (Å²) in [4.78, 5) is 16.0. The smallest absolute Gasteiger partial charge is 0.0658 e. The van der Waals surface area contributed by atoms with Crippen LogP contribution < -0.4 is 0 Å². The van der Waals surface area contributed by atoms with Crippen molar-refractivity contribution in [3.05, 3.63) is 71.3 Å². The molecule has 0 unspecified atom stereocenters. The van der Waals surface area contributed by atoms with Gasteiger partial charge in [0.1, 0.15) is 0 Å². The van der Waals surface area contributed by atoms with Crippen LogP contribution in [0.5, 0.6) is 0 Å². The monoisotopic (exact) mass is 512 g/mol. The molecule has 2 aliphatic rings. The van der Waals surface area contributed by atoms with Crippen LogP contribution in [-0.4, -0.2) is 19.9 Å². The zero-order chi connectivity index (χ0) is 15.9. The Morgan fingerprint density at radius 3 is 1.04 bits per heavy atom. The van der Waals surface area contributed by atoms with E-state index in [0.29, 0.717) is 0 Å². The van der Waals surface area contributed by atoms with Crippen LogP contribution in [0.4, 0.5) is 0 Å². The van der Waals surface area contributed by atoms with E-state index in [0.717, 1.165) is 44.8 Å². The predicted molar refractivity (Wildman–Crippen MR) is 98.9 cm³/mol. The summed E-state index contributed by atoms with van der Waals surface area (Å²) in [5, 5.41) is 0. The predicted octanol–water partition coefficient (Wildman–Crippen LogP) is 4.65. The first-order valence-corrected chi connectivity index (χ1v) is 7.85. The molecule has 0 amide bonds. The van der Waals surface area contributed by atoms with E-state index in [4.69, 9.17) is 0 Å². The molecule has 0 radical (unpaired) electrons. The van der Waals surface area contributed by atoms with Crippen LogP contribution in [0.2, 0.25) is 0 Å².